The second-order valence-electron chi connectivity index (χ2n) is 1.83. The Bertz CT molecular complexity index is 175. The van der Waals surface area contributed by atoms with Crippen LogP contribution in [-0.2, 0) is 19.9 Å². The minimum absolute atomic E-state index is 0. The first-order chi connectivity index (χ1) is 3.84. The van der Waals surface area contributed by atoms with Crippen LogP contribution in [0.1, 0.15) is 13.3 Å². The summed E-state index contributed by atoms with van der Waals surface area (Å²) in [5.41, 5.74) is 1.21. The molecule has 0 heterocycles. The second kappa shape index (κ2) is 6.17. The Morgan fingerprint density at radius 1 is 1.50 bits per heavy atom. The monoisotopic (exact) mass is 216 g/mol. The Kier molecular flexibility index (Phi) is 8.07. The quantitative estimate of drug-likeness (QED) is 0.434. The van der Waals surface area contributed by atoms with E-state index in [4.69, 9.17) is 0 Å². The van der Waals surface area contributed by atoms with Crippen LogP contribution in [0.2, 0.25) is 0 Å². The van der Waals surface area contributed by atoms with Crippen LogP contribution < -0.4 is 24.8 Å². The van der Waals surface area contributed by atoms with Crippen LogP contribution in [0, 0.1) is 0 Å². The van der Waals surface area contributed by atoms with Crippen LogP contribution in [-0.4, -0.2) is 0 Å². The van der Waals surface area contributed by atoms with Crippen molar-refractivity contribution in [1.29, 1.82) is 0 Å². The van der Waals surface area contributed by atoms with E-state index in [9.17, 15) is 3.67 Å². The van der Waals surface area contributed by atoms with Gasteiger partial charge in [0.25, 0.3) is 0 Å². The zero-order valence-electron chi connectivity index (χ0n) is 5.47. The van der Waals surface area contributed by atoms with E-state index in [1.54, 1.807) is 0 Å². The minimum atomic E-state index is -0.745. The Hall–Kier alpha value is 0.444. The molecule has 1 aliphatic rings. The van der Waals surface area contributed by atoms with E-state index >= 15 is 0 Å². The minimum Gasteiger partial charge on any atom is -1.00 e. The van der Waals surface area contributed by atoms with Crippen LogP contribution >= 0.6 is 0 Å². The summed E-state index contributed by atoms with van der Waals surface area (Å²) in [5, 5.41) is 0. The van der Waals surface area contributed by atoms with E-state index < -0.39 is 16.2 Å². The van der Waals surface area contributed by atoms with Crippen molar-refractivity contribution in [2.45, 2.75) is 13.3 Å². The Labute approximate surface area is 80.1 Å². The average molecular weight is 217 g/mol. The fourth-order valence-electron chi connectivity index (χ4n) is 0.714. The number of halogens is 2. The van der Waals surface area contributed by atoms with E-state index in [1.807, 2.05) is 13.0 Å². The van der Waals surface area contributed by atoms with Gasteiger partial charge >= 0.3 is 55.3 Å². The molecule has 10 heavy (non-hydrogen) atoms. The van der Waals surface area contributed by atoms with Crippen LogP contribution in [0.3, 0.4) is 0 Å². The van der Waals surface area contributed by atoms with Gasteiger partial charge in [0.2, 0.25) is 0 Å². The third-order valence-electron chi connectivity index (χ3n) is 1.24. The molecule has 56 valence electrons. The fourth-order valence-corrected chi connectivity index (χ4v) is 1.34. The molecule has 0 atom stereocenters. The molecule has 0 fully saturated rings. The van der Waals surface area contributed by atoms with Crippen LogP contribution in [0.5, 0.6) is 0 Å². The average Bonchev–Trinajstić information content (AvgIpc) is 2.14. The molecule has 1 rings (SSSR count). The van der Waals surface area contributed by atoms with Gasteiger partial charge in [0.05, 0.1) is 0 Å². The third-order valence-corrected chi connectivity index (χ3v) is 2.42. The maximum absolute atomic E-state index is 10.3. The molecule has 0 aromatic carbocycles. The van der Waals surface area contributed by atoms with Crippen molar-refractivity contribution in [1.82, 2.24) is 0 Å². The normalized spacial score (nSPS) is 13.7. The summed E-state index contributed by atoms with van der Waals surface area (Å²) in [6.07, 6.45) is 5.01. The molecular weight excluding hydrogens is 210 g/mol. The Morgan fingerprint density at radius 3 is 2.30 bits per heavy atom. The van der Waals surface area contributed by atoms with E-state index in [-0.39, 0.29) is 24.8 Å². The fraction of sp³-hybridized carbons (Fsp3) is 0.333. The molecule has 0 unspecified atom stereocenters. The zero-order chi connectivity index (χ0) is 5.98. The van der Waals surface area contributed by atoms with Gasteiger partial charge in [0.15, 0.2) is 0 Å². The largest absolute Gasteiger partial charge is 1.00 e. The van der Waals surface area contributed by atoms with Crippen molar-refractivity contribution in [3.05, 3.63) is 22.0 Å². The van der Waals surface area contributed by atoms with Crippen molar-refractivity contribution in [3.8, 4) is 0 Å². The molecule has 0 N–H and O–H groups in total. The van der Waals surface area contributed by atoms with Crippen molar-refractivity contribution in [3.63, 3.8) is 0 Å². The topological polar surface area (TPSA) is 17.1 Å². The molecule has 0 saturated heterocycles. The van der Waals surface area contributed by atoms with Gasteiger partial charge in [-0.3, -0.25) is 0 Å². The van der Waals surface area contributed by atoms with Crippen molar-refractivity contribution in [2.75, 3.05) is 0 Å². The molecule has 0 radical (unpaired) electrons. The van der Waals surface area contributed by atoms with Crippen molar-refractivity contribution >= 4 is 0 Å². The zero-order valence-corrected chi connectivity index (χ0v) is 8.38. The second-order valence-corrected chi connectivity index (χ2v) is 2.96. The van der Waals surface area contributed by atoms with Gasteiger partial charge in [-0.25, -0.2) is 0 Å². The number of allylic oxidation sites excluding steroid dienone is 4. The molecule has 0 amide bonds. The summed E-state index contributed by atoms with van der Waals surface area (Å²) < 4.78 is 11.5. The smallest absolute Gasteiger partial charge is 1.00 e. The van der Waals surface area contributed by atoms with Crippen LogP contribution in [0.15, 0.2) is 22.0 Å². The maximum atomic E-state index is 10.3. The third kappa shape index (κ3) is 3.02. The summed E-state index contributed by atoms with van der Waals surface area (Å²) in [4.78, 5) is 0. The van der Waals surface area contributed by atoms with Gasteiger partial charge in [-0.15, -0.1) is 0 Å². The van der Waals surface area contributed by atoms with Crippen LogP contribution in [0.4, 0.5) is 0 Å². The number of rotatable bonds is 1. The molecule has 1 aliphatic carbocycles. The van der Waals surface area contributed by atoms with E-state index in [1.165, 1.54) is 5.57 Å². The molecular formula is C6H7Cl2OV. The maximum Gasteiger partial charge on any atom is -1.00 e. The van der Waals surface area contributed by atoms with Crippen LogP contribution in [0.25, 0.3) is 0 Å². The van der Waals surface area contributed by atoms with Gasteiger partial charge in [-0.1, -0.05) is 0 Å². The van der Waals surface area contributed by atoms with E-state index in [0.29, 0.717) is 0 Å². The predicted molar refractivity (Wildman–Crippen MR) is 27.1 cm³/mol. The molecule has 0 aromatic heterocycles. The van der Waals surface area contributed by atoms with E-state index in [2.05, 4.69) is 6.08 Å². The standard InChI is InChI=1S/C6H7.2ClH.O.V/c1-6-4-2-3-5-6;;;;/h2,4H,3H2,1H3;2*1H;;/q;;;;+2/p-2. The first-order valence-corrected chi connectivity index (χ1v) is 3.81. The van der Waals surface area contributed by atoms with Gasteiger partial charge in [-0.2, -0.15) is 0 Å². The Morgan fingerprint density at radius 2 is 2.10 bits per heavy atom. The summed E-state index contributed by atoms with van der Waals surface area (Å²) in [6.45, 7) is 2.01. The van der Waals surface area contributed by atoms with Crippen molar-refractivity contribution < 1.29 is 44.7 Å². The van der Waals surface area contributed by atoms with Gasteiger partial charge < -0.3 is 24.8 Å². The van der Waals surface area contributed by atoms with E-state index in [0.717, 1.165) is 10.7 Å². The molecule has 0 saturated carbocycles. The summed E-state index contributed by atoms with van der Waals surface area (Å²) in [5.74, 6) is 0. The molecule has 1 nitrogen and oxygen atoms in total. The first kappa shape index (κ1) is 13.1. The molecule has 4 heteroatoms. The molecule has 0 spiro atoms. The Balaban J connectivity index is 0. The van der Waals surface area contributed by atoms with Gasteiger partial charge in [0.1, 0.15) is 0 Å². The molecule has 0 aliphatic heterocycles. The summed E-state index contributed by atoms with van der Waals surface area (Å²) >= 11 is -0.745. The van der Waals surface area contributed by atoms with Gasteiger partial charge in [-0.05, 0) is 0 Å². The summed E-state index contributed by atoms with van der Waals surface area (Å²) in [6, 6.07) is 0. The summed E-state index contributed by atoms with van der Waals surface area (Å²) in [7, 11) is 0. The molecule has 0 bridgehead atoms. The first-order valence-electron chi connectivity index (χ1n) is 2.54. The number of hydrogen-bond donors (Lipinski definition) is 0. The SMILES string of the molecule is CC1=[C]([V+2]=[O])CC=C1.[Cl-].[Cl-]. The van der Waals surface area contributed by atoms with Gasteiger partial charge in [0, 0.05) is 0 Å². The van der Waals surface area contributed by atoms with Crippen molar-refractivity contribution in [2.24, 2.45) is 0 Å². The predicted octanol–water partition coefficient (Wildman–Crippen LogP) is -4.34. The number of hydrogen-bond acceptors (Lipinski definition) is 1. The molecule has 0 aromatic rings.